The normalized spacial score (nSPS) is 11.7. The van der Waals surface area contributed by atoms with Crippen molar-refractivity contribution in [2.75, 3.05) is 14.2 Å². The molecule has 6 rings (SSSR count). The molecule has 0 saturated carbocycles. The number of carbonyl (C=O) groups excluding carboxylic acids is 2. The second-order valence-corrected chi connectivity index (χ2v) is 19.8. The molecule has 0 radical (unpaired) electrons. The predicted molar refractivity (Wildman–Crippen MR) is 252 cm³/mol. The molecule has 0 fully saturated rings. The molecule has 0 aliphatic heterocycles. The molecular weight excluding hydrogens is 887 g/mol. The van der Waals surface area contributed by atoms with Crippen molar-refractivity contribution in [3.63, 3.8) is 0 Å². The molecule has 65 heavy (non-hydrogen) atoms. The third-order valence-electron chi connectivity index (χ3n) is 11.1. The molecule has 6 aromatic rings. The van der Waals surface area contributed by atoms with Gasteiger partial charge in [-0.1, -0.05) is 102 Å². The summed E-state index contributed by atoms with van der Waals surface area (Å²) in [6.07, 6.45) is 2.60. The maximum Gasteiger partial charge on any atom is 0.530 e. The summed E-state index contributed by atoms with van der Waals surface area (Å²) in [7, 11) is -6.69. The lowest BCUT2D eigenvalue weighted by Gasteiger charge is -2.27. The lowest BCUT2D eigenvalue weighted by Crippen LogP contribution is -2.18. The topological polar surface area (TPSA) is 142 Å². The Labute approximate surface area is 383 Å². The molecule has 0 aromatic heterocycles. The van der Waals surface area contributed by atoms with Crippen LogP contribution in [-0.4, -0.2) is 35.2 Å². The summed E-state index contributed by atoms with van der Waals surface area (Å²) < 4.78 is 81.0. The fourth-order valence-electron chi connectivity index (χ4n) is 6.26. The maximum absolute atomic E-state index is 15.8. The highest BCUT2D eigenvalue weighted by Gasteiger charge is 2.35. The molecule has 0 saturated heterocycles. The van der Waals surface area contributed by atoms with Crippen LogP contribution in [-0.2, 0) is 20.7 Å². The first-order chi connectivity index (χ1) is 31.2. The van der Waals surface area contributed by atoms with Crippen LogP contribution in [0, 0.1) is 0 Å². The van der Waals surface area contributed by atoms with Gasteiger partial charge in [-0.25, -0.2) is 8.42 Å². The zero-order valence-corrected chi connectivity index (χ0v) is 40.1. The summed E-state index contributed by atoms with van der Waals surface area (Å²) in [5, 5.41) is 0. The molecule has 0 heterocycles. The molecule has 6 aromatic carbocycles. The van der Waals surface area contributed by atoms with E-state index >= 15 is 8.42 Å². The second kappa shape index (κ2) is 21.2. The van der Waals surface area contributed by atoms with Crippen LogP contribution in [0.1, 0.15) is 86.2 Å². The molecule has 0 amide bonds. The van der Waals surface area contributed by atoms with Gasteiger partial charge >= 0.3 is 17.2 Å². The van der Waals surface area contributed by atoms with E-state index in [0.717, 1.165) is 5.56 Å². The molecule has 12 nitrogen and oxygen atoms in total. The minimum atomic E-state index is -4.63. The summed E-state index contributed by atoms with van der Waals surface area (Å²) in [4.78, 5) is 23.8. The Morgan fingerprint density at radius 2 is 0.754 bits per heavy atom. The van der Waals surface area contributed by atoms with Crippen LogP contribution in [0.5, 0.6) is 46.0 Å². The van der Waals surface area contributed by atoms with Gasteiger partial charge in [-0.3, -0.25) is 9.59 Å². The summed E-state index contributed by atoms with van der Waals surface area (Å²) in [6, 6.07) is 36.8. The smallest absolute Gasteiger partial charge is 0.493 e. The van der Waals surface area contributed by atoms with E-state index in [0.29, 0.717) is 42.5 Å². The number of hydrogen-bond acceptors (Lipinski definition) is 12. The van der Waals surface area contributed by atoms with Crippen LogP contribution in [0.4, 0.5) is 0 Å². The van der Waals surface area contributed by atoms with E-state index in [1.807, 2.05) is 47.6 Å². The number of carbonyl (C=O) groups is 2. The first-order valence-corrected chi connectivity index (χ1v) is 24.4. The van der Waals surface area contributed by atoms with Gasteiger partial charge in [0, 0.05) is 0 Å². The molecule has 15 heteroatoms. The average Bonchev–Trinajstić information content (AvgIpc) is 3.32. The second-order valence-electron chi connectivity index (χ2n) is 15.9. The van der Waals surface area contributed by atoms with Gasteiger partial charge < -0.3 is 36.6 Å². The third-order valence-corrected chi connectivity index (χ3v) is 14.9. The highest BCUT2D eigenvalue weighted by atomic mass is 32.2. The average molecular weight is 939 g/mol. The van der Waals surface area contributed by atoms with Crippen molar-refractivity contribution < 1.29 is 54.6 Å². The molecule has 0 unspecified atom stereocenters. The predicted octanol–water partition coefficient (Wildman–Crippen LogP) is 13.1. The van der Waals surface area contributed by atoms with Crippen LogP contribution in [0.2, 0.25) is 0 Å². The Balaban J connectivity index is 1.54. The lowest BCUT2D eigenvalue weighted by molar-refractivity contribution is 0.111. The summed E-state index contributed by atoms with van der Waals surface area (Å²) >= 11 is 0. The monoisotopic (exact) mass is 938 g/mol. The number of ether oxygens (including phenoxy) is 2. The molecule has 0 atom stereocenters. The molecule has 0 spiro atoms. The van der Waals surface area contributed by atoms with Crippen molar-refractivity contribution in [3.8, 4) is 46.0 Å². The molecule has 0 N–H and O–H groups in total. The molecule has 0 bridgehead atoms. The van der Waals surface area contributed by atoms with Gasteiger partial charge in [-0.15, -0.1) is 0 Å². The largest absolute Gasteiger partial charge is 0.530 e. The van der Waals surface area contributed by atoms with Crippen molar-refractivity contribution in [2.24, 2.45) is 0 Å². The first-order valence-electron chi connectivity index (χ1n) is 20.7. The SMILES string of the molecule is CCC(C)(C)c1ccc(OP(Oc2ccccc2C=O)Oc2ccccc2C=O)c(S(=O)(=O)c2cc(C(C)(C)CC)ccc2OP(Oc2ccccc2OC)Oc2ccccc2OC)c1. The van der Waals surface area contributed by atoms with Gasteiger partial charge in [-0.05, 0) is 108 Å². The fraction of sp³-hybridized carbons (Fsp3) is 0.240. The van der Waals surface area contributed by atoms with Gasteiger partial charge in [-0.2, -0.15) is 0 Å². The Morgan fingerprint density at radius 3 is 1.09 bits per heavy atom. The van der Waals surface area contributed by atoms with E-state index in [1.165, 1.54) is 14.2 Å². The number of rotatable bonds is 22. The summed E-state index contributed by atoms with van der Waals surface area (Å²) in [5.74, 6) is 1.41. The van der Waals surface area contributed by atoms with Crippen LogP contribution >= 0.6 is 17.2 Å². The number of aldehydes is 2. The summed E-state index contributed by atoms with van der Waals surface area (Å²) in [5.41, 5.74) is 0.893. The van der Waals surface area contributed by atoms with Gasteiger partial charge in [0.05, 0.1) is 25.3 Å². The Bertz CT molecular complexity index is 2620. The van der Waals surface area contributed by atoms with E-state index in [4.69, 9.17) is 36.6 Å². The highest BCUT2D eigenvalue weighted by molar-refractivity contribution is 7.91. The molecule has 340 valence electrons. The molecular formula is C50H52O12P2S. The van der Waals surface area contributed by atoms with E-state index in [1.54, 1.807) is 127 Å². The molecule has 0 aliphatic rings. The highest BCUT2D eigenvalue weighted by Crippen LogP contribution is 2.51. The number of para-hydroxylation sites is 6. The van der Waals surface area contributed by atoms with Gasteiger partial charge in [0.2, 0.25) is 9.84 Å². The summed E-state index contributed by atoms with van der Waals surface area (Å²) in [6.45, 7) is 12.1. The van der Waals surface area contributed by atoms with E-state index in [9.17, 15) is 9.59 Å². The van der Waals surface area contributed by atoms with Crippen molar-refractivity contribution in [1.29, 1.82) is 0 Å². The van der Waals surface area contributed by atoms with Crippen molar-refractivity contribution in [1.82, 2.24) is 0 Å². The Kier molecular flexibility index (Phi) is 15.8. The van der Waals surface area contributed by atoms with E-state index in [-0.39, 0.29) is 55.4 Å². The van der Waals surface area contributed by atoms with Crippen LogP contribution in [0.25, 0.3) is 0 Å². The number of sulfone groups is 1. The first kappa shape index (κ1) is 48.3. The lowest BCUT2D eigenvalue weighted by atomic mass is 9.82. The van der Waals surface area contributed by atoms with Crippen molar-refractivity contribution in [3.05, 3.63) is 156 Å². The van der Waals surface area contributed by atoms with Gasteiger partial charge in [0.1, 0.15) is 32.8 Å². The molecule has 0 aliphatic carbocycles. The number of methoxy groups -OCH3 is 2. The van der Waals surface area contributed by atoms with E-state index < -0.39 is 37.9 Å². The Morgan fingerprint density at radius 1 is 0.446 bits per heavy atom. The Hall–Kier alpha value is -6.13. The zero-order valence-electron chi connectivity index (χ0n) is 37.5. The quantitative estimate of drug-likeness (QED) is 0.0472. The van der Waals surface area contributed by atoms with Crippen LogP contribution < -0.4 is 36.6 Å². The number of hydrogen-bond donors (Lipinski definition) is 0. The maximum atomic E-state index is 15.8. The van der Waals surface area contributed by atoms with Gasteiger partial charge in [0.15, 0.2) is 35.6 Å². The standard InChI is InChI=1S/C50H52O12P2S/c1-9-49(3,4)37-27-29-45(61-63(57-39-21-13-11-19-35(39)33-51)58-40-22-14-12-20-36(40)34-52)47(31-37)65(53,54)48-32-38(50(5,6)10-2)28-30-46(48)62-64(59-43-25-17-15-23-41(43)55-7)60-44-26-18-16-24-42(44)56-8/h11-34H,9-10H2,1-8H3. The van der Waals surface area contributed by atoms with E-state index in [2.05, 4.69) is 0 Å². The van der Waals surface area contributed by atoms with Crippen molar-refractivity contribution >= 4 is 39.6 Å². The van der Waals surface area contributed by atoms with Crippen LogP contribution in [0.15, 0.2) is 143 Å². The minimum Gasteiger partial charge on any atom is -0.493 e. The van der Waals surface area contributed by atoms with Crippen molar-refractivity contribution in [2.45, 2.75) is 75.0 Å². The van der Waals surface area contributed by atoms with Crippen LogP contribution in [0.3, 0.4) is 0 Å². The number of benzene rings is 6. The minimum absolute atomic E-state index is 0.0720. The fourth-order valence-corrected chi connectivity index (χ4v) is 10.1. The third kappa shape index (κ3) is 11.4. The van der Waals surface area contributed by atoms with Gasteiger partial charge in [0.25, 0.3) is 0 Å². The zero-order chi connectivity index (χ0) is 46.8.